The standard InChI is InChI=1S/C25H40N4O/c1-26-25(28-18-24(21-8-9-21)22-10-11-22)27-14-5-17-30-23-12-15-29(16-13-23)19-20-6-3-2-4-7-20/h2-4,6-7,21-24H,5,8-19H2,1H3,(H2,26,27,28). The topological polar surface area (TPSA) is 48.9 Å². The van der Waals surface area contributed by atoms with E-state index in [-0.39, 0.29) is 0 Å². The number of piperidine rings is 1. The first-order valence-electron chi connectivity index (χ1n) is 12.1. The molecule has 4 rings (SSSR count). The van der Waals surface area contributed by atoms with Crippen LogP contribution in [0.25, 0.3) is 0 Å². The fourth-order valence-corrected chi connectivity index (χ4v) is 4.81. The van der Waals surface area contributed by atoms with Gasteiger partial charge in [0.05, 0.1) is 6.10 Å². The van der Waals surface area contributed by atoms with Crippen LogP contribution >= 0.6 is 0 Å². The minimum atomic E-state index is 0.423. The highest BCUT2D eigenvalue weighted by molar-refractivity contribution is 5.79. The van der Waals surface area contributed by atoms with Crippen molar-refractivity contribution in [2.45, 2.75) is 57.6 Å². The third-order valence-electron chi connectivity index (χ3n) is 6.93. The molecule has 0 radical (unpaired) electrons. The molecule has 1 aromatic carbocycles. The van der Waals surface area contributed by atoms with E-state index in [1.54, 1.807) is 0 Å². The van der Waals surface area contributed by atoms with Crippen molar-refractivity contribution in [2.75, 3.05) is 39.8 Å². The molecule has 0 spiro atoms. The fraction of sp³-hybridized carbons (Fsp3) is 0.720. The van der Waals surface area contributed by atoms with Crippen molar-refractivity contribution in [2.24, 2.45) is 22.7 Å². The molecule has 0 aromatic heterocycles. The Bertz CT molecular complexity index is 636. The number of hydrogen-bond donors (Lipinski definition) is 2. The molecule has 5 nitrogen and oxygen atoms in total. The van der Waals surface area contributed by atoms with Gasteiger partial charge in [0.15, 0.2) is 5.96 Å². The largest absolute Gasteiger partial charge is 0.378 e. The van der Waals surface area contributed by atoms with E-state index in [2.05, 4.69) is 50.9 Å². The first-order chi connectivity index (χ1) is 14.8. The van der Waals surface area contributed by atoms with Gasteiger partial charge in [0.25, 0.3) is 0 Å². The normalized spacial score (nSPS) is 21.2. The molecule has 2 saturated carbocycles. The van der Waals surface area contributed by atoms with Crippen LogP contribution in [0.15, 0.2) is 35.3 Å². The van der Waals surface area contributed by atoms with Gasteiger partial charge in [-0.15, -0.1) is 0 Å². The van der Waals surface area contributed by atoms with Crippen molar-refractivity contribution in [3.8, 4) is 0 Å². The van der Waals surface area contributed by atoms with Gasteiger partial charge in [0, 0.05) is 46.4 Å². The summed E-state index contributed by atoms with van der Waals surface area (Å²) in [4.78, 5) is 6.94. The van der Waals surface area contributed by atoms with E-state index in [1.807, 2.05) is 7.05 Å². The van der Waals surface area contributed by atoms with Crippen molar-refractivity contribution in [1.29, 1.82) is 0 Å². The lowest BCUT2D eigenvalue weighted by atomic mass is 9.98. The Labute approximate surface area is 182 Å². The summed E-state index contributed by atoms with van der Waals surface area (Å²) in [5.41, 5.74) is 1.41. The fourth-order valence-electron chi connectivity index (χ4n) is 4.81. The summed E-state index contributed by atoms with van der Waals surface area (Å²) in [5.74, 6) is 3.79. The lowest BCUT2D eigenvalue weighted by Crippen LogP contribution is -2.41. The average Bonchev–Trinajstić information content (AvgIpc) is 3.69. The third kappa shape index (κ3) is 6.98. The Hall–Kier alpha value is -1.59. The second kappa shape index (κ2) is 11.1. The lowest BCUT2D eigenvalue weighted by Gasteiger charge is -2.32. The van der Waals surface area contributed by atoms with Gasteiger partial charge in [-0.1, -0.05) is 30.3 Å². The van der Waals surface area contributed by atoms with E-state index in [4.69, 9.17) is 4.74 Å². The molecule has 30 heavy (non-hydrogen) atoms. The van der Waals surface area contributed by atoms with E-state index >= 15 is 0 Å². The summed E-state index contributed by atoms with van der Waals surface area (Å²) in [5, 5.41) is 7.04. The first-order valence-corrected chi connectivity index (χ1v) is 12.1. The van der Waals surface area contributed by atoms with Crippen LogP contribution in [0.5, 0.6) is 0 Å². The zero-order valence-electron chi connectivity index (χ0n) is 18.7. The van der Waals surface area contributed by atoms with E-state index < -0.39 is 0 Å². The van der Waals surface area contributed by atoms with E-state index in [0.717, 1.165) is 82.3 Å². The molecule has 2 N–H and O–H groups in total. The summed E-state index contributed by atoms with van der Waals surface area (Å²) in [7, 11) is 1.87. The van der Waals surface area contributed by atoms with Crippen molar-refractivity contribution in [3.63, 3.8) is 0 Å². The smallest absolute Gasteiger partial charge is 0.190 e. The Morgan fingerprint density at radius 2 is 1.73 bits per heavy atom. The van der Waals surface area contributed by atoms with Crippen LogP contribution in [0.1, 0.15) is 50.5 Å². The second-order valence-electron chi connectivity index (χ2n) is 9.40. The maximum atomic E-state index is 6.15. The average molecular weight is 413 g/mol. The van der Waals surface area contributed by atoms with Gasteiger partial charge in [0.1, 0.15) is 0 Å². The SMILES string of the molecule is CN=C(NCCCOC1CCN(Cc2ccccc2)CC1)NCC(C1CC1)C1CC1. The zero-order valence-corrected chi connectivity index (χ0v) is 18.7. The Balaban J connectivity index is 1.04. The number of aliphatic imine (C=N–C) groups is 1. The molecular weight excluding hydrogens is 372 g/mol. The molecule has 3 fully saturated rings. The van der Waals surface area contributed by atoms with E-state index in [9.17, 15) is 0 Å². The van der Waals surface area contributed by atoms with Gasteiger partial charge < -0.3 is 15.4 Å². The zero-order chi connectivity index (χ0) is 20.6. The molecule has 2 aliphatic carbocycles. The monoisotopic (exact) mass is 412 g/mol. The Morgan fingerprint density at radius 1 is 1.03 bits per heavy atom. The summed E-state index contributed by atoms with van der Waals surface area (Å²) < 4.78 is 6.15. The molecule has 1 heterocycles. The van der Waals surface area contributed by atoms with Crippen LogP contribution in [0.4, 0.5) is 0 Å². The third-order valence-corrected chi connectivity index (χ3v) is 6.93. The molecule has 0 amide bonds. The van der Waals surface area contributed by atoms with Gasteiger partial charge in [0.2, 0.25) is 0 Å². The quantitative estimate of drug-likeness (QED) is 0.331. The molecule has 5 heteroatoms. The number of rotatable bonds is 11. The molecule has 3 aliphatic rings. The molecule has 1 aliphatic heterocycles. The highest BCUT2D eigenvalue weighted by atomic mass is 16.5. The van der Waals surface area contributed by atoms with Gasteiger partial charge in [-0.05, 0) is 68.3 Å². The van der Waals surface area contributed by atoms with Gasteiger partial charge in [-0.3, -0.25) is 9.89 Å². The molecule has 0 bridgehead atoms. The van der Waals surface area contributed by atoms with Crippen LogP contribution < -0.4 is 10.6 Å². The second-order valence-corrected chi connectivity index (χ2v) is 9.40. The minimum Gasteiger partial charge on any atom is -0.378 e. The maximum Gasteiger partial charge on any atom is 0.190 e. The number of hydrogen-bond acceptors (Lipinski definition) is 3. The molecule has 0 atom stereocenters. The lowest BCUT2D eigenvalue weighted by molar-refractivity contribution is 0.00534. The van der Waals surface area contributed by atoms with Crippen molar-refractivity contribution in [3.05, 3.63) is 35.9 Å². The van der Waals surface area contributed by atoms with Gasteiger partial charge >= 0.3 is 0 Å². The number of benzene rings is 1. The molecule has 1 saturated heterocycles. The minimum absolute atomic E-state index is 0.423. The Morgan fingerprint density at radius 3 is 2.37 bits per heavy atom. The van der Waals surface area contributed by atoms with Crippen LogP contribution in [-0.2, 0) is 11.3 Å². The van der Waals surface area contributed by atoms with Gasteiger partial charge in [-0.2, -0.15) is 0 Å². The number of nitrogens with zero attached hydrogens (tertiary/aromatic N) is 2. The maximum absolute atomic E-state index is 6.15. The number of ether oxygens (including phenoxy) is 1. The predicted molar refractivity (Wildman–Crippen MR) is 124 cm³/mol. The molecule has 1 aromatic rings. The highest BCUT2D eigenvalue weighted by Crippen LogP contribution is 2.48. The molecule has 0 unspecified atom stereocenters. The van der Waals surface area contributed by atoms with Crippen LogP contribution in [0.3, 0.4) is 0 Å². The molecule has 166 valence electrons. The van der Waals surface area contributed by atoms with Crippen LogP contribution in [0.2, 0.25) is 0 Å². The number of nitrogens with one attached hydrogen (secondary N) is 2. The highest BCUT2D eigenvalue weighted by Gasteiger charge is 2.41. The van der Waals surface area contributed by atoms with Gasteiger partial charge in [-0.25, -0.2) is 0 Å². The predicted octanol–water partition coefficient (Wildman–Crippen LogP) is 3.66. The van der Waals surface area contributed by atoms with E-state index in [1.165, 1.54) is 31.2 Å². The summed E-state index contributed by atoms with van der Waals surface area (Å²) in [6.45, 7) is 6.18. The molecular formula is C25H40N4O. The van der Waals surface area contributed by atoms with Crippen molar-refractivity contribution >= 4 is 5.96 Å². The number of guanidine groups is 1. The first kappa shape index (κ1) is 21.6. The Kier molecular flexibility index (Phi) is 8.04. The van der Waals surface area contributed by atoms with Crippen LogP contribution in [-0.4, -0.2) is 56.8 Å². The van der Waals surface area contributed by atoms with Crippen molar-refractivity contribution in [1.82, 2.24) is 15.5 Å². The number of likely N-dealkylation sites (tertiary alicyclic amines) is 1. The summed E-state index contributed by atoms with van der Waals surface area (Å²) in [6.07, 6.45) is 9.51. The summed E-state index contributed by atoms with van der Waals surface area (Å²) in [6, 6.07) is 10.8. The summed E-state index contributed by atoms with van der Waals surface area (Å²) >= 11 is 0. The van der Waals surface area contributed by atoms with Crippen LogP contribution in [0, 0.1) is 17.8 Å². The van der Waals surface area contributed by atoms with Crippen molar-refractivity contribution < 1.29 is 4.74 Å². The van der Waals surface area contributed by atoms with E-state index in [0.29, 0.717) is 6.10 Å².